The van der Waals surface area contributed by atoms with Crippen molar-refractivity contribution in [1.29, 1.82) is 0 Å². The number of rotatable bonds is 0. The quantitative estimate of drug-likeness (QED) is 0.575. The van der Waals surface area contributed by atoms with Crippen LogP contribution in [0.3, 0.4) is 0 Å². The molecule has 0 radical (unpaired) electrons. The van der Waals surface area contributed by atoms with Crippen molar-refractivity contribution in [3.05, 3.63) is 35.4 Å². The number of hydrogen-bond acceptors (Lipinski definition) is 0. The van der Waals surface area contributed by atoms with Crippen LogP contribution >= 0.6 is 0 Å². The van der Waals surface area contributed by atoms with E-state index in [1.54, 1.807) is 11.1 Å². The number of hydrogen-bond donors (Lipinski definition) is 0. The lowest BCUT2D eigenvalue weighted by molar-refractivity contribution is -0.407. The highest BCUT2D eigenvalue weighted by Crippen LogP contribution is 2.94. The van der Waals surface area contributed by atoms with Crippen molar-refractivity contribution in [2.75, 3.05) is 0 Å². The van der Waals surface area contributed by atoms with Gasteiger partial charge < -0.3 is 0 Å². The predicted molar refractivity (Wildman–Crippen MR) is 52.9 cm³/mol. The molecule has 14 heavy (non-hydrogen) atoms. The fourth-order valence-corrected chi connectivity index (χ4v) is 6.36. The standard InChI is InChI=1S/C14H12/c1-2-4-6-5(3-1)7-9-11-8(6)12-10(7)13(9)14(11)12/h1-4,7-14H/t7?,8?,9-,10+,11+,12-,13?,14?. The van der Waals surface area contributed by atoms with Crippen LogP contribution in [0.15, 0.2) is 24.3 Å². The van der Waals surface area contributed by atoms with E-state index < -0.39 is 0 Å². The van der Waals surface area contributed by atoms with E-state index in [2.05, 4.69) is 24.3 Å². The average molecular weight is 180 g/mol. The Bertz CT molecular complexity index is 424. The van der Waals surface area contributed by atoms with Crippen LogP contribution in [-0.2, 0) is 0 Å². The maximum absolute atomic E-state index is 2.42. The third-order valence-electron chi connectivity index (χ3n) is 6.48. The van der Waals surface area contributed by atoms with Crippen molar-refractivity contribution in [2.24, 2.45) is 35.5 Å². The Morgan fingerprint density at radius 1 is 0.571 bits per heavy atom. The summed E-state index contributed by atoms with van der Waals surface area (Å²) in [6.07, 6.45) is 0. The van der Waals surface area contributed by atoms with E-state index in [0.29, 0.717) is 0 Å². The van der Waals surface area contributed by atoms with Crippen LogP contribution in [0.1, 0.15) is 23.0 Å². The topological polar surface area (TPSA) is 0 Å². The van der Waals surface area contributed by atoms with E-state index in [0.717, 1.165) is 35.5 Å². The Labute approximate surface area is 83.3 Å². The van der Waals surface area contributed by atoms with Gasteiger partial charge in [-0.3, -0.25) is 0 Å². The minimum Gasteiger partial charge on any atom is -0.0620 e. The highest BCUT2D eigenvalue weighted by atomic mass is 14.9. The first-order valence-corrected chi connectivity index (χ1v) is 6.07. The molecule has 0 amide bonds. The molecule has 0 spiro atoms. The maximum atomic E-state index is 2.42. The first-order valence-electron chi connectivity index (χ1n) is 6.07. The zero-order valence-electron chi connectivity index (χ0n) is 7.93. The van der Waals surface area contributed by atoms with Crippen LogP contribution in [0.5, 0.6) is 0 Å². The maximum Gasteiger partial charge on any atom is -0.00908 e. The van der Waals surface area contributed by atoms with Crippen molar-refractivity contribution < 1.29 is 0 Å². The Morgan fingerprint density at radius 2 is 1.00 bits per heavy atom. The summed E-state index contributed by atoms with van der Waals surface area (Å²) in [5.41, 5.74) is 3.52. The normalized spacial score (nSPS) is 66.6. The van der Waals surface area contributed by atoms with Gasteiger partial charge >= 0.3 is 0 Å². The van der Waals surface area contributed by atoms with Crippen LogP contribution in [0, 0.1) is 35.5 Å². The molecule has 7 rings (SSSR count). The molecule has 0 heteroatoms. The van der Waals surface area contributed by atoms with E-state index in [-0.39, 0.29) is 0 Å². The minimum absolute atomic E-state index is 1.03. The molecule has 0 heterocycles. The highest BCUT2D eigenvalue weighted by molar-refractivity contribution is 5.55. The van der Waals surface area contributed by atoms with Crippen molar-refractivity contribution in [3.8, 4) is 0 Å². The van der Waals surface area contributed by atoms with E-state index >= 15 is 0 Å². The zero-order valence-corrected chi connectivity index (χ0v) is 7.93. The van der Waals surface area contributed by atoms with Gasteiger partial charge in [-0.25, -0.2) is 0 Å². The Morgan fingerprint density at radius 3 is 1.43 bits per heavy atom. The van der Waals surface area contributed by atoms with Gasteiger partial charge in [0, 0.05) is 0 Å². The average Bonchev–Trinajstić information content (AvgIpc) is 2.20. The molecule has 0 nitrogen and oxygen atoms in total. The first-order chi connectivity index (χ1) is 6.98. The summed E-state index contributed by atoms with van der Waals surface area (Å²) in [4.78, 5) is 0. The van der Waals surface area contributed by atoms with Gasteiger partial charge in [0.1, 0.15) is 0 Å². The van der Waals surface area contributed by atoms with Gasteiger partial charge in [-0.2, -0.15) is 0 Å². The molecule has 6 aliphatic rings. The Hall–Kier alpha value is -0.780. The second-order valence-corrected chi connectivity index (χ2v) is 6.14. The van der Waals surface area contributed by atoms with Crippen LogP contribution in [0.2, 0.25) is 0 Å². The summed E-state index contributed by atoms with van der Waals surface area (Å²) in [7, 11) is 0. The molecule has 4 fully saturated rings. The van der Waals surface area contributed by atoms with Gasteiger partial charge in [0.15, 0.2) is 0 Å². The lowest BCUT2D eigenvalue weighted by Gasteiger charge is -2.93. The van der Waals surface area contributed by atoms with Crippen molar-refractivity contribution in [3.63, 3.8) is 0 Å². The molecular formula is C14H12. The van der Waals surface area contributed by atoms with Gasteiger partial charge in [0.25, 0.3) is 0 Å². The molecule has 6 aliphatic carbocycles. The van der Waals surface area contributed by atoms with Crippen molar-refractivity contribution >= 4 is 0 Å². The Balaban J connectivity index is 1.75. The van der Waals surface area contributed by atoms with Crippen LogP contribution in [0.4, 0.5) is 0 Å². The fraction of sp³-hybridized carbons (Fsp3) is 0.571. The lowest BCUT2D eigenvalue weighted by atomic mass is 9.11. The molecule has 4 unspecified atom stereocenters. The summed E-state index contributed by atoms with van der Waals surface area (Å²) in [5.74, 6) is 9.15. The minimum atomic E-state index is 1.03. The second-order valence-electron chi connectivity index (χ2n) is 6.14. The molecule has 8 atom stereocenters. The van der Waals surface area contributed by atoms with Crippen molar-refractivity contribution in [2.45, 2.75) is 11.8 Å². The largest absolute Gasteiger partial charge is 0.0620 e. The first kappa shape index (κ1) is 5.95. The van der Waals surface area contributed by atoms with E-state index in [1.165, 1.54) is 11.8 Å². The lowest BCUT2D eigenvalue weighted by Crippen LogP contribution is -2.87. The van der Waals surface area contributed by atoms with Gasteiger partial charge in [0.2, 0.25) is 0 Å². The summed E-state index contributed by atoms with van der Waals surface area (Å²) in [6, 6.07) is 9.33. The third kappa shape index (κ3) is 0.303. The molecule has 0 saturated heterocycles. The van der Waals surface area contributed by atoms with Gasteiger partial charge in [-0.05, 0) is 58.5 Å². The molecule has 0 aliphatic heterocycles. The summed E-state index contributed by atoms with van der Waals surface area (Å²) in [5, 5.41) is 0. The second kappa shape index (κ2) is 1.39. The number of benzene rings is 1. The summed E-state index contributed by atoms with van der Waals surface area (Å²) < 4.78 is 0. The van der Waals surface area contributed by atoms with E-state index in [9.17, 15) is 0 Å². The molecule has 0 N–H and O–H groups in total. The van der Waals surface area contributed by atoms with E-state index in [1.807, 2.05) is 0 Å². The fourth-order valence-electron chi connectivity index (χ4n) is 6.36. The predicted octanol–water partition coefficient (Wildman–Crippen LogP) is 2.62. The van der Waals surface area contributed by atoms with Crippen LogP contribution in [0.25, 0.3) is 0 Å². The summed E-state index contributed by atoms with van der Waals surface area (Å²) >= 11 is 0. The SMILES string of the molecule is c1ccc2c(c1)C1[C@@H]3C4C5[C@@H](C2[C@@H]53)[C@@H]14. The molecule has 4 saturated carbocycles. The van der Waals surface area contributed by atoms with Crippen LogP contribution < -0.4 is 0 Å². The van der Waals surface area contributed by atoms with Gasteiger partial charge in [0.05, 0.1) is 0 Å². The zero-order chi connectivity index (χ0) is 8.60. The molecule has 2 bridgehead atoms. The smallest absolute Gasteiger partial charge is 0.00908 e. The molecule has 0 aromatic heterocycles. The Kier molecular flexibility index (Phi) is 0.592. The van der Waals surface area contributed by atoms with Gasteiger partial charge in [-0.1, -0.05) is 24.3 Å². The third-order valence-corrected chi connectivity index (χ3v) is 6.48. The molecule has 1 aromatic carbocycles. The summed E-state index contributed by atoms with van der Waals surface area (Å²) in [6.45, 7) is 0. The molecule has 68 valence electrons. The molecular weight excluding hydrogens is 168 g/mol. The monoisotopic (exact) mass is 180 g/mol. The van der Waals surface area contributed by atoms with E-state index in [4.69, 9.17) is 0 Å². The molecule has 1 aromatic rings. The van der Waals surface area contributed by atoms with Crippen molar-refractivity contribution in [1.82, 2.24) is 0 Å². The van der Waals surface area contributed by atoms with Crippen LogP contribution in [-0.4, -0.2) is 0 Å². The van der Waals surface area contributed by atoms with Gasteiger partial charge in [-0.15, -0.1) is 0 Å². The highest BCUT2D eigenvalue weighted by Gasteiger charge is 2.88.